The van der Waals surface area contributed by atoms with Gasteiger partial charge in [0.2, 0.25) is 5.91 Å². The number of hydrogen-bond donors (Lipinski definition) is 2. The fourth-order valence-corrected chi connectivity index (χ4v) is 2.69. The van der Waals surface area contributed by atoms with E-state index in [0.717, 1.165) is 25.7 Å². The van der Waals surface area contributed by atoms with Gasteiger partial charge in [0.1, 0.15) is 0 Å². The van der Waals surface area contributed by atoms with Crippen molar-refractivity contribution in [3.63, 3.8) is 0 Å². The zero-order valence-corrected chi connectivity index (χ0v) is 9.24. The first kappa shape index (κ1) is 10.9. The van der Waals surface area contributed by atoms with Crippen LogP contribution < -0.4 is 5.32 Å². The highest BCUT2D eigenvalue weighted by Gasteiger charge is 2.31. The lowest BCUT2D eigenvalue weighted by molar-refractivity contribution is -0.127. The molecule has 2 aliphatic rings. The van der Waals surface area contributed by atoms with Crippen molar-refractivity contribution >= 4 is 5.91 Å². The van der Waals surface area contributed by atoms with E-state index in [2.05, 4.69) is 5.32 Å². The van der Waals surface area contributed by atoms with Crippen LogP contribution in [0.5, 0.6) is 0 Å². The van der Waals surface area contributed by atoms with E-state index in [1.807, 2.05) is 0 Å². The smallest absolute Gasteiger partial charge is 0.223 e. The summed E-state index contributed by atoms with van der Waals surface area (Å²) in [5.41, 5.74) is 0. The molecular formula is C12H21NO2. The van der Waals surface area contributed by atoms with E-state index in [0.29, 0.717) is 12.0 Å². The highest BCUT2D eigenvalue weighted by atomic mass is 16.3. The molecule has 15 heavy (non-hydrogen) atoms. The molecule has 3 heteroatoms. The second kappa shape index (κ2) is 4.97. The third-order valence-corrected chi connectivity index (χ3v) is 3.82. The molecule has 0 aliphatic heterocycles. The van der Waals surface area contributed by atoms with Gasteiger partial charge in [-0.1, -0.05) is 19.3 Å². The molecule has 3 nitrogen and oxygen atoms in total. The van der Waals surface area contributed by atoms with E-state index < -0.39 is 0 Å². The third kappa shape index (κ3) is 2.71. The Morgan fingerprint density at radius 1 is 1.20 bits per heavy atom. The van der Waals surface area contributed by atoms with E-state index >= 15 is 0 Å². The topological polar surface area (TPSA) is 49.3 Å². The molecule has 0 radical (unpaired) electrons. The highest BCUT2D eigenvalue weighted by molar-refractivity contribution is 5.79. The number of rotatable bonds is 3. The van der Waals surface area contributed by atoms with Crippen molar-refractivity contribution in [2.45, 2.75) is 51.0 Å². The van der Waals surface area contributed by atoms with E-state index in [-0.39, 0.29) is 18.4 Å². The maximum atomic E-state index is 11.8. The zero-order chi connectivity index (χ0) is 10.7. The second-order valence-electron chi connectivity index (χ2n) is 5.06. The van der Waals surface area contributed by atoms with Gasteiger partial charge in [-0.15, -0.1) is 0 Å². The van der Waals surface area contributed by atoms with Gasteiger partial charge in [0.15, 0.2) is 0 Å². The lowest BCUT2D eigenvalue weighted by Gasteiger charge is -2.35. The van der Waals surface area contributed by atoms with Gasteiger partial charge in [0.05, 0.1) is 0 Å². The van der Waals surface area contributed by atoms with E-state index in [1.165, 1.54) is 19.3 Å². The maximum Gasteiger partial charge on any atom is 0.223 e. The summed E-state index contributed by atoms with van der Waals surface area (Å²) in [6.07, 6.45) is 7.79. The summed E-state index contributed by atoms with van der Waals surface area (Å²) >= 11 is 0. The Bertz CT molecular complexity index is 218. The molecule has 2 aliphatic carbocycles. The molecule has 0 unspecified atom stereocenters. The standard InChI is InChI=1S/C12H21NO2/c14-8-9-6-11(7-9)13-12(15)10-4-2-1-3-5-10/h9-11,14H,1-8H2,(H,13,15). The van der Waals surface area contributed by atoms with Crippen LogP contribution in [0.4, 0.5) is 0 Å². The number of aliphatic hydroxyl groups is 1. The molecule has 2 fully saturated rings. The van der Waals surface area contributed by atoms with Crippen LogP contribution in [-0.4, -0.2) is 23.7 Å². The Morgan fingerprint density at radius 2 is 1.87 bits per heavy atom. The molecule has 0 spiro atoms. The van der Waals surface area contributed by atoms with Crippen LogP contribution in [0.2, 0.25) is 0 Å². The van der Waals surface area contributed by atoms with Crippen molar-refractivity contribution in [2.75, 3.05) is 6.61 Å². The number of nitrogens with one attached hydrogen (secondary N) is 1. The molecule has 0 saturated heterocycles. The van der Waals surface area contributed by atoms with Gasteiger partial charge < -0.3 is 10.4 Å². The van der Waals surface area contributed by atoms with Crippen LogP contribution in [0.1, 0.15) is 44.9 Å². The molecule has 0 aromatic rings. The first-order chi connectivity index (χ1) is 7.29. The lowest BCUT2D eigenvalue weighted by Crippen LogP contribution is -2.47. The van der Waals surface area contributed by atoms with Crippen molar-refractivity contribution in [3.05, 3.63) is 0 Å². The summed E-state index contributed by atoms with van der Waals surface area (Å²) in [7, 11) is 0. The first-order valence-electron chi connectivity index (χ1n) is 6.21. The fraction of sp³-hybridized carbons (Fsp3) is 0.917. The molecule has 0 heterocycles. The Balaban J connectivity index is 1.68. The average Bonchev–Trinajstić information content (AvgIpc) is 2.23. The molecule has 2 N–H and O–H groups in total. The summed E-state index contributed by atoms with van der Waals surface area (Å²) < 4.78 is 0. The summed E-state index contributed by atoms with van der Waals surface area (Å²) in [4.78, 5) is 11.8. The minimum Gasteiger partial charge on any atom is -0.396 e. The first-order valence-corrected chi connectivity index (χ1v) is 6.21. The Morgan fingerprint density at radius 3 is 2.47 bits per heavy atom. The minimum absolute atomic E-state index is 0.260. The summed E-state index contributed by atoms with van der Waals surface area (Å²) in [5, 5.41) is 12.0. The summed E-state index contributed by atoms with van der Waals surface area (Å²) in [5.74, 6) is 0.963. The Hall–Kier alpha value is -0.570. The summed E-state index contributed by atoms with van der Waals surface area (Å²) in [6, 6.07) is 0.344. The fourth-order valence-electron chi connectivity index (χ4n) is 2.69. The number of carbonyl (C=O) groups excluding carboxylic acids is 1. The van der Waals surface area contributed by atoms with Crippen molar-refractivity contribution in [1.82, 2.24) is 5.32 Å². The van der Waals surface area contributed by atoms with Crippen LogP contribution in [0.25, 0.3) is 0 Å². The highest BCUT2D eigenvalue weighted by Crippen LogP contribution is 2.28. The van der Waals surface area contributed by atoms with Crippen LogP contribution in [0.3, 0.4) is 0 Å². The normalized spacial score (nSPS) is 32.1. The van der Waals surface area contributed by atoms with Gasteiger partial charge in [0.25, 0.3) is 0 Å². The molecule has 2 rings (SSSR count). The van der Waals surface area contributed by atoms with Gasteiger partial charge in [-0.3, -0.25) is 4.79 Å². The maximum absolute atomic E-state index is 11.8. The third-order valence-electron chi connectivity index (χ3n) is 3.82. The Kier molecular flexibility index (Phi) is 3.62. The van der Waals surface area contributed by atoms with Crippen molar-refractivity contribution in [3.8, 4) is 0 Å². The molecule has 86 valence electrons. The van der Waals surface area contributed by atoms with Crippen LogP contribution in [-0.2, 0) is 4.79 Å². The molecule has 0 bridgehead atoms. The van der Waals surface area contributed by atoms with Crippen LogP contribution in [0, 0.1) is 11.8 Å². The zero-order valence-electron chi connectivity index (χ0n) is 9.24. The van der Waals surface area contributed by atoms with E-state index in [9.17, 15) is 4.79 Å². The second-order valence-corrected chi connectivity index (χ2v) is 5.06. The van der Waals surface area contributed by atoms with Crippen molar-refractivity contribution in [1.29, 1.82) is 0 Å². The van der Waals surface area contributed by atoms with Crippen molar-refractivity contribution in [2.24, 2.45) is 11.8 Å². The molecular weight excluding hydrogens is 190 g/mol. The number of hydrogen-bond acceptors (Lipinski definition) is 2. The average molecular weight is 211 g/mol. The molecule has 2 saturated carbocycles. The molecule has 0 aromatic carbocycles. The predicted molar refractivity (Wildman–Crippen MR) is 58.3 cm³/mol. The van der Waals surface area contributed by atoms with E-state index in [4.69, 9.17) is 5.11 Å². The monoisotopic (exact) mass is 211 g/mol. The molecule has 1 amide bonds. The summed E-state index contributed by atoms with van der Waals surface area (Å²) in [6.45, 7) is 0.274. The van der Waals surface area contributed by atoms with Crippen LogP contribution >= 0.6 is 0 Å². The van der Waals surface area contributed by atoms with E-state index in [1.54, 1.807) is 0 Å². The van der Waals surface area contributed by atoms with Gasteiger partial charge in [0, 0.05) is 18.6 Å². The van der Waals surface area contributed by atoms with Gasteiger partial charge in [-0.05, 0) is 31.6 Å². The molecule has 0 aromatic heterocycles. The van der Waals surface area contributed by atoms with Crippen molar-refractivity contribution < 1.29 is 9.90 Å². The predicted octanol–water partition coefficient (Wildman–Crippen LogP) is 1.45. The van der Waals surface area contributed by atoms with Gasteiger partial charge in [-0.2, -0.15) is 0 Å². The van der Waals surface area contributed by atoms with Gasteiger partial charge >= 0.3 is 0 Å². The quantitative estimate of drug-likeness (QED) is 0.742. The largest absolute Gasteiger partial charge is 0.396 e. The Labute approximate surface area is 91.2 Å². The SMILES string of the molecule is O=C(NC1CC(CO)C1)C1CCCCC1. The minimum atomic E-state index is 0.260. The number of carbonyl (C=O) groups is 1. The van der Waals surface area contributed by atoms with Crippen LogP contribution in [0.15, 0.2) is 0 Å². The van der Waals surface area contributed by atoms with Gasteiger partial charge in [-0.25, -0.2) is 0 Å². The lowest BCUT2D eigenvalue weighted by atomic mass is 9.80. The number of amides is 1. The molecule has 0 atom stereocenters. The number of aliphatic hydroxyl groups excluding tert-OH is 1.